The van der Waals surface area contributed by atoms with Crippen molar-refractivity contribution in [1.29, 1.82) is 0 Å². The van der Waals surface area contributed by atoms with E-state index in [4.69, 9.17) is 5.73 Å². The highest BCUT2D eigenvalue weighted by Gasteiger charge is 2.06. The Morgan fingerprint density at radius 1 is 1.16 bits per heavy atom. The first kappa shape index (κ1) is 13.0. The van der Waals surface area contributed by atoms with Gasteiger partial charge in [-0.2, -0.15) is 0 Å². The van der Waals surface area contributed by atoms with Gasteiger partial charge in [-0.05, 0) is 36.2 Å². The number of amides is 1. The van der Waals surface area contributed by atoms with Crippen LogP contribution in [-0.2, 0) is 11.2 Å². The average Bonchev–Trinajstić information content (AvgIpc) is 2.39. The predicted octanol–water partition coefficient (Wildman–Crippen LogP) is 2.55. The van der Waals surface area contributed by atoms with E-state index in [2.05, 4.69) is 5.32 Å². The maximum Gasteiger partial charge on any atom is 0.224 e. The van der Waals surface area contributed by atoms with Crippen LogP contribution >= 0.6 is 0 Å². The Morgan fingerprint density at radius 3 is 2.68 bits per heavy atom. The third-order valence-corrected chi connectivity index (χ3v) is 2.77. The van der Waals surface area contributed by atoms with Crippen LogP contribution in [0.3, 0.4) is 0 Å². The van der Waals surface area contributed by atoms with Crippen LogP contribution < -0.4 is 11.1 Å². The number of rotatable bonds is 4. The van der Waals surface area contributed by atoms with Crippen LogP contribution in [0.1, 0.15) is 12.0 Å². The lowest BCUT2D eigenvalue weighted by molar-refractivity contribution is -0.116. The zero-order chi connectivity index (χ0) is 13.7. The summed E-state index contributed by atoms with van der Waals surface area (Å²) in [5, 5.41) is 12.2. The Hall–Kier alpha value is -2.49. The fourth-order valence-corrected chi connectivity index (χ4v) is 1.80. The highest BCUT2D eigenvalue weighted by Crippen LogP contribution is 2.21. The maximum atomic E-state index is 11.8. The molecule has 0 spiro atoms. The largest absolute Gasteiger partial charge is 0.506 e. The van der Waals surface area contributed by atoms with Crippen molar-refractivity contribution in [2.75, 3.05) is 11.1 Å². The van der Waals surface area contributed by atoms with Gasteiger partial charge >= 0.3 is 0 Å². The maximum absolute atomic E-state index is 11.8. The molecule has 0 aliphatic heterocycles. The van der Waals surface area contributed by atoms with Crippen LogP contribution in [0.2, 0.25) is 0 Å². The Balaban J connectivity index is 1.90. The van der Waals surface area contributed by atoms with E-state index in [1.165, 1.54) is 6.07 Å². The van der Waals surface area contributed by atoms with Crippen molar-refractivity contribution in [2.45, 2.75) is 12.8 Å². The summed E-state index contributed by atoms with van der Waals surface area (Å²) in [6, 6.07) is 14.1. The van der Waals surface area contributed by atoms with E-state index in [1.54, 1.807) is 18.2 Å². The molecule has 0 bridgehead atoms. The number of hydrogen-bond acceptors (Lipinski definition) is 3. The molecule has 0 heterocycles. The van der Waals surface area contributed by atoms with E-state index >= 15 is 0 Å². The van der Waals surface area contributed by atoms with Gasteiger partial charge in [0.2, 0.25) is 5.91 Å². The molecule has 4 nitrogen and oxygen atoms in total. The van der Waals surface area contributed by atoms with Gasteiger partial charge in [0.15, 0.2) is 0 Å². The molecule has 0 aliphatic carbocycles. The van der Waals surface area contributed by atoms with Crippen molar-refractivity contribution in [3.05, 3.63) is 54.1 Å². The van der Waals surface area contributed by atoms with Gasteiger partial charge in [0.1, 0.15) is 5.75 Å². The second kappa shape index (κ2) is 5.91. The predicted molar refractivity (Wildman–Crippen MR) is 75.9 cm³/mol. The van der Waals surface area contributed by atoms with Crippen molar-refractivity contribution in [3.8, 4) is 5.75 Å². The van der Waals surface area contributed by atoms with Gasteiger partial charge in [-0.1, -0.05) is 24.3 Å². The summed E-state index contributed by atoms with van der Waals surface area (Å²) in [6.45, 7) is 0. The minimum Gasteiger partial charge on any atom is -0.506 e. The summed E-state index contributed by atoms with van der Waals surface area (Å²) in [5.74, 6) is -0.0660. The number of aryl methyl sites for hydroxylation is 1. The quantitative estimate of drug-likeness (QED) is 0.581. The number of nitrogens with one attached hydrogen (secondary N) is 1. The van der Waals surface area contributed by atoms with Gasteiger partial charge in [0.25, 0.3) is 0 Å². The van der Waals surface area contributed by atoms with Crippen molar-refractivity contribution in [2.24, 2.45) is 0 Å². The van der Waals surface area contributed by atoms with Crippen LogP contribution in [-0.4, -0.2) is 11.0 Å². The van der Waals surface area contributed by atoms with Gasteiger partial charge in [-0.3, -0.25) is 4.79 Å². The summed E-state index contributed by atoms with van der Waals surface area (Å²) < 4.78 is 0. The topological polar surface area (TPSA) is 75.4 Å². The van der Waals surface area contributed by atoms with E-state index in [0.29, 0.717) is 24.2 Å². The highest BCUT2D eigenvalue weighted by molar-refractivity contribution is 5.92. The SMILES string of the molecule is Nc1cccc(CCC(=O)Nc2ccccc2O)c1. The number of anilines is 2. The standard InChI is InChI=1S/C15H16N2O2/c16-12-5-3-4-11(10-12)8-9-15(19)17-13-6-1-2-7-14(13)18/h1-7,10,18H,8-9,16H2,(H,17,19). The Bertz CT molecular complexity index is 582. The molecule has 4 heteroatoms. The molecule has 0 saturated carbocycles. The number of phenols is 1. The fraction of sp³-hybridized carbons (Fsp3) is 0.133. The first-order valence-corrected chi connectivity index (χ1v) is 6.07. The minimum absolute atomic E-state index is 0.0693. The van der Waals surface area contributed by atoms with Gasteiger partial charge < -0.3 is 16.2 Å². The normalized spacial score (nSPS) is 10.1. The van der Waals surface area contributed by atoms with E-state index in [1.807, 2.05) is 24.3 Å². The molecule has 0 unspecified atom stereocenters. The third-order valence-electron chi connectivity index (χ3n) is 2.77. The molecule has 2 aromatic carbocycles. The second-order valence-corrected chi connectivity index (χ2v) is 4.31. The zero-order valence-electron chi connectivity index (χ0n) is 10.5. The lowest BCUT2D eigenvalue weighted by atomic mass is 10.1. The fourth-order valence-electron chi connectivity index (χ4n) is 1.80. The number of hydrogen-bond donors (Lipinski definition) is 3. The van der Waals surface area contributed by atoms with E-state index in [9.17, 15) is 9.90 Å². The average molecular weight is 256 g/mol. The highest BCUT2D eigenvalue weighted by atomic mass is 16.3. The van der Waals surface area contributed by atoms with Crippen LogP contribution in [0, 0.1) is 0 Å². The number of carbonyl (C=O) groups is 1. The first-order chi connectivity index (χ1) is 9.15. The molecule has 0 atom stereocenters. The Labute approximate surface area is 111 Å². The van der Waals surface area contributed by atoms with Crippen molar-refractivity contribution >= 4 is 17.3 Å². The molecule has 4 N–H and O–H groups in total. The lowest BCUT2D eigenvalue weighted by Crippen LogP contribution is -2.12. The van der Waals surface area contributed by atoms with E-state index < -0.39 is 0 Å². The van der Waals surface area contributed by atoms with E-state index in [-0.39, 0.29) is 11.7 Å². The van der Waals surface area contributed by atoms with Gasteiger partial charge in [0, 0.05) is 12.1 Å². The monoisotopic (exact) mass is 256 g/mol. The first-order valence-electron chi connectivity index (χ1n) is 6.07. The summed E-state index contributed by atoms with van der Waals surface area (Å²) in [4.78, 5) is 11.8. The van der Waals surface area contributed by atoms with Gasteiger partial charge in [-0.15, -0.1) is 0 Å². The molecule has 0 fully saturated rings. The van der Waals surface area contributed by atoms with Crippen LogP contribution in [0.25, 0.3) is 0 Å². The van der Waals surface area contributed by atoms with Gasteiger partial charge in [0.05, 0.1) is 5.69 Å². The summed E-state index contributed by atoms with van der Waals surface area (Å²) in [5.41, 5.74) is 7.82. The Kier molecular flexibility index (Phi) is 4.03. The zero-order valence-corrected chi connectivity index (χ0v) is 10.5. The number of carbonyl (C=O) groups excluding carboxylic acids is 1. The molecule has 0 aromatic heterocycles. The van der Waals surface area contributed by atoms with Crippen LogP contribution in [0.5, 0.6) is 5.75 Å². The summed E-state index contributed by atoms with van der Waals surface area (Å²) in [7, 11) is 0. The Morgan fingerprint density at radius 2 is 1.95 bits per heavy atom. The number of nitrogens with two attached hydrogens (primary N) is 1. The molecule has 0 saturated heterocycles. The van der Waals surface area contributed by atoms with Crippen molar-refractivity contribution < 1.29 is 9.90 Å². The molecule has 2 aromatic rings. The van der Waals surface area contributed by atoms with Crippen molar-refractivity contribution in [1.82, 2.24) is 0 Å². The summed E-state index contributed by atoms with van der Waals surface area (Å²) in [6.07, 6.45) is 0.961. The number of para-hydroxylation sites is 2. The molecule has 1 amide bonds. The van der Waals surface area contributed by atoms with E-state index in [0.717, 1.165) is 5.56 Å². The molecule has 19 heavy (non-hydrogen) atoms. The van der Waals surface area contributed by atoms with Gasteiger partial charge in [-0.25, -0.2) is 0 Å². The summed E-state index contributed by atoms with van der Waals surface area (Å²) >= 11 is 0. The molecule has 98 valence electrons. The van der Waals surface area contributed by atoms with Crippen molar-refractivity contribution in [3.63, 3.8) is 0 Å². The molecule has 0 aliphatic rings. The minimum atomic E-state index is -0.135. The van der Waals surface area contributed by atoms with Crippen LogP contribution in [0.4, 0.5) is 11.4 Å². The number of nitrogen functional groups attached to an aromatic ring is 1. The second-order valence-electron chi connectivity index (χ2n) is 4.31. The molecular formula is C15H16N2O2. The third kappa shape index (κ3) is 3.74. The number of phenolic OH excluding ortho intramolecular Hbond substituents is 1. The number of aromatic hydroxyl groups is 1. The molecule has 0 radical (unpaired) electrons. The molecular weight excluding hydrogens is 240 g/mol. The number of benzene rings is 2. The van der Waals surface area contributed by atoms with Crippen LogP contribution in [0.15, 0.2) is 48.5 Å². The lowest BCUT2D eigenvalue weighted by Gasteiger charge is -2.07. The smallest absolute Gasteiger partial charge is 0.224 e. The molecule has 2 rings (SSSR count).